The van der Waals surface area contributed by atoms with Gasteiger partial charge in [0.2, 0.25) is 0 Å². The van der Waals surface area contributed by atoms with E-state index in [2.05, 4.69) is 10.1 Å². The second-order valence-corrected chi connectivity index (χ2v) is 3.86. The Morgan fingerprint density at radius 1 is 1.50 bits per heavy atom. The maximum absolute atomic E-state index is 11.2. The van der Waals surface area contributed by atoms with E-state index in [4.69, 9.17) is 4.74 Å². The molecule has 0 aliphatic heterocycles. The number of phenolic OH excluding ortho intramolecular Hbond substituents is 1. The molecule has 0 saturated carbocycles. The van der Waals surface area contributed by atoms with E-state index in [-0.39, 0.29) is 17.8 Å². The molecular formula is C13H19NO4. The fraction of sp³-hybridized carbons (Fsp3) is 0.462. The summed E-state index contributed by atoms with van der Waals surface area (Å²) in [6.45, 7) is 4.57. The van der Waals surface area contributed by atoms with Gasteiger partial charge in [-0.2, -0.15) is 0 Å². The molecule has 1 aromatic rings. The lowest BCUT2D eigenvalue weighted by atomic mass is 10.2. The minimum Gasteiger partial charge on any atom is -0.504 e. The standard InChI is InChI=1S/C13H19NO4/c1-4-18-12-7-10(5-6-11(12)15)8-14-9(2)13(16)17-3/h5-7,9,14-15H,4,8H2,1-3H3. The maximum atomic E-state index is 11.2. The Hall–Kier alpha value is -1.75. The predicted molar refractivity (Wildman–Crippen MR) is 67.6 cm³/mol. The van der Waals surface area contributed by atoms with Gasteiger partial charge in [-0.3, -0.25) is 4.79 Å². The van der Waals surface area contributed by atoms with Crippen LogP contribution in [0.25, 0.3) is 0 Å². The number of methoxy groups -OCH3 is 1. The van der Waals surface area contributed by atoms with E-state index in [1.165, 1.54) is 7.11 Å². The molecule has 0 radical (unpaired) electrons. The lowest BCUT2D eigenvalue weighted by Crippen LogP contribution is -2.34. The van der Waals surface area contributed by atoms with Gasteiger partial charge in [-0.25, -0.2) is 0 Å². The predicted octanol–water partition coefficient (Wildman–Crippen LogP) is 1.44. The van der Waals surface area contributed by atoms with Crippen LogP contribution in [0.5, 0.6) is 11.5 Å². The van der Waals surface area contributed by atoms with E-state index >= 15 is 0 Å². The summed E-state index contributed by atoms with van der Waals surface area (Å²) in [7, 11) is 1.36. The molecule has 1 atom stereocenters. The van der Waals surface area contributed by atoms with Crippen molar-refractivity contribution in [2.45, 2.75) is 26.4 Å². The summed E-state index contributed by atoms with van der Waals surface area (Å²) >= 11 is 0. The molecular weight excluding hydrogens is 234 g/mol. The van der Waals surface area contributed by atoms with Gasteiger partial charge in [-0.05, 0) is 31.5 Å². The molecule has 0 saturated heterocycles. The zero-order valence-electron chi connectivity index (χ0n) is 10.9. The number of nitrogens with one attached hydrogen (secondary N) is 1. The third-order valence-electron chi connectivity index (χ3n) is 2.49. The molecule has 1 unspecified atom stereocenters. The number of ether oxygens (including phenoxy) is 2. The average molecular weight is 253 g/mol. The van der Waals surface area contributed by atoms with Crippen molar-refractivity contribution in [3.05, 3.63) is 23.8 Å². The minimum absolute atomic E-state index is 0.113. The van der Waals surface area contributed by atoms with Crippen LogP contribution >= 0.6 is 0 Å². The van der Waals surface area contributed by atoms with Crippen LogP contribution in [0.2, 0.25) is 0 Å². The highest BCUT2D eigenvalue weighted by Gasteiger charge is 2.12. The molecule has 5 nitrogen and oxygen atoms in total. The van der Waals surface area contributed by atoms with E-state index in [1.807, 2.05) is 6.92 Å². The summed E-state index contributed by atoms with van der Waals surface area (Å²) < 4.78 is 9.90. The van der Waals surface area contributed by atoms with Crippen molar-refractivity contribution in [1.29, 1.82) is 0 Å². The van der Waals surface area contributed by atoms with Crippen molar-refractivity contribution >= 4 is 5.97 Å². The molecule has 0 aromatic heterocycles. The monoisotopic (exact) mass is 253 g/mol. The molecule has 2 N–H and O–H groups in total. The van der Waals surface area contributed by atoms with Crippen LogP contribution < -0.4 is 10.1 Å². The van der Waals surface area contributed by atoms with Crippen LogP contribution in [0.15, 0.2) is 18.2 Å². The molecule has 0 aliphatic carbocycles. The fourth-order valence-electron chi connectivity index (χ4n) is 1.47. The molecule has 0 heterocycles. The fourth-order valence-corrected chi connectivity index (χ4v) is 1.47. The normalized spacial score (nSPS) is 11.9. The lowest BCUT2D eigenvalue weighted by Gasteiger charge is -2.12. The van der Waals surface area contributed by atoms with Crippen molar-refractivity contribution in [2.24, 2.45) is 0 Å². The number of rotatable bonds is 6. The molecule has 0 fully saturated rings. The third-order valence-corrected chi connectivity index (χ3v) is 2.49. The van der Waals surface area contributed by atoms with Crippen LogP contribution in [0.4, 0.5) is 0 Å². The first-order chi connectivity index (χ1) is 8.58. The van der Waals surface area contributed by atoms with Gasteiger partial charge in [0, 0.05) is 6.54 Å². The first-order valence-electron chi connectivity index (χ1n) is 5.84. The van der Waals surface area contributed by atoms with Gasteiger partial charge < -0.3 is 19.9 Å². The molecule has 5 heteroatoms. The van der Waals surface area contributed by atoms with Gasteiger partial charge in [0.15, 0.2) is 11.5 Å². The van der Waals surface area contributed by atoms with Gasteiger partial charge in [0.1, 0.15) is 6.04 Å². The van der Waals surface area contributed by atoms with E-state index in [1.54, 1.807) is 25.1 Å². The van der Waals surface area contributed by atoms with Crippen LogP contribution in [-0.2, 0) is 16.1 Å². The number of carbonyl (C=O) groups is 1. The first kappa shape index (κ1) is 14.3. The summed E-state index contributed by atoms with van der Waals surface area (Å²) in [5.74, 6) is 0.253. The number of aromatic hydroxyl groups is 1. The number of benzene rings is 1. The lowest BCUT2D eigenvalue weighted by molar-refractivity contribution is -0.142. The van der Waals surface area contributed by atoms with E-state index in [0.717, 1.165) is 5.56 Å². The smallest absolute Gasteiger partial charge is 0.322 e. The number of hydrogen-bond acceptors (Lipinski definition) is 5. The Morgan fingerprint density at radius 3 is 2.83 bits per heavy atom. The Bertz CT molecular complexity index is 406. The van der Waals surface area contributed by atoms with Gasteiger partial charge in [-0.1, -0.05) is 6.07 Å². The van der Waals surface area contributed by atoms with Crippen molar-refractivity contribution in [1.82, 2.24) is 5.32 Å². The molecule has 18 heavy (non-hydrogen) atoms. The van der Waals surface area contributed by atoms with Gasteiger partial charge in [0.25, 0.3) is 0 Å². The Labute approximate surface area is 107 Å². The zero-order valence-corrected chi connectivity index (χ0v) is 10.9. The maximum Gasteiger partial charge on any atom is 0.322 e. The molecule has 0 amide bonds. The van der Waals surface area contributed by atoms with Crippen LogP contribution in [0.1, 0.15) is 19.4 Å². The largest absolute Gasteiger partial charge is 0.504 e. The van der Waals surface area contributed by atoms with E-state index in [9.17, 15) is 9.90 Å². The second-order valence-electron chi connectivity index (χ2n) is 3.86. The SMILES string of the molecule is CCOc1cc(CNC(C)C(=O)OC)ccc1O. The topological polar surface area (TPSA) is 67.8 Å². The first-order valence-corrected chi connectivity index (χ1v) is 5.84. The molecule has 0 aliphatic rings. The number of phenols is 1. The van der Waals surface area contributed by atoms with Gasteiger partial charge in [0.05, 0.1) is 13.7 Å². The summed E-state index contributed by atoms with van der Waals surface area (Å²) in [5.41, 5.74) is 0.923. The Morgan fingerprint density at radius 2 is 2.22 bits per heavy atom. The molecule has 1 rings (SSSR count). The van der Waals surface area contributed by atoms with E-state index < -0.39 is 0 Å². The quantitative estimate of drug-likeness (QED) is 0.751. The highest BCUT2D eigenvalue weighted by molar-refractivity contribution is 5.75. The highest BCUT2D eigenvalue weighted by atomic mass is 16.5. The van der Waals surface area contributed by atoms with Crippen molar-refractivity contribution in [3.8, 4) is 11.5 Å². The second kappa shape index (κ2) is 6.86. The Kier molecular flexibility index (Phi) is 5.45. The van der Waals surface area contributed by atoms with Gasteiger partial charge in [-0.15, -0.1) is 0 Å². The minimum atomic E-state index is -0.376. The third kappa shape index (κ3) is 3.92. The summed E-state index contributed by atoms with van der Waals surface area (Å²) in [6.07, 6.45) is 0. The van der Waals surface area contributed by atoms with E-state index in [0.29, 0.717) is 18.9 Å². The molecule has 100 valence electrons. The summed E-state index contributed by atoms with van der Waals surface area (Å²) in [6, 6.07) is 4.72. The summed E-state index contributed by atoms with van der Waals surface area (Å²) in [5, 5.41) is 12.6. The number of esters is 1. The van der Waals surface area contributed by atoms with Crippen molar-refractivity contribution in [3.63, 3.8) is 0 Å². The molecule has 1 aromatic carbocycles. The van der Waals surface area contributed by atoms with Crippen LogP contribution in [0, 0.1) is 0 Å². The molecule has 0 spiro atoms. The van der Waals surface area contributed by atoms with Crippen molar-refractivity contribution in [2.75, 3.05) is 13.7 Å². The Balaban J connectivity index is 2.62. The zero-order chi connectivity index (χ0) is 13.5. The number of carbonyl (C=O) groups excluding carboxylic acids is 1. The number of hydrogen-bond donors (Lipinski definition) is 2. The molecule has 0 bridgehead atoms. The highest BCUT2D eigenvalue weighted by Crippen LogP contribution is 2.26. The summed E-state index contributed by atoms with van der Waals surface area (Å²) in [4.78, 5) is 11.2. The van der Waals surface area contributed by atoms with Crippen molar-refractivity contribution < 1.29 is 19.4 Å². The van der Waals surface area contributed by atoms with Crippen LogP contribution in [-0.4, -0.2) is 30.8 Å². The van der Waals surface area contributed by atoms with Crippen LogP contribution in [0.3, 0.4) is 0 Å². The van der Waals surface area contributed by atoms with Gasteiger partial charge >= 0.3 is 5.97 Å². The average Bonchev–Trinajstić information content (AvgIpc) is 2.38.